The molecular weight excluding hydrogens is 446 g/mol. The van der Waals surface area contributed by atoms with E-state index in [0.29, 0.717) is 0 Å². The molecule has 4 rings (SSSR count). The summed E-state index contributed by atoms with van der Waals surface area (Å²) in [6, 6.07) is 33.8. The molecule has 0 unspecified atom stereocenters. The molecule has 0 N–H and O–H groups in total. The standard InChI is InChI=1S/C20H17.C7H7.Sb.H/c1-15-12-13-18(16(2)14-15)20-11-7-6-10-19(20)17-8-4-3-5-9-17;1-7-5-3-2-4-6-7;;/h3-6,8-14H,1-2H3;3-6H,1H3;;. The minimum absolute atomic E-state index is 0.816. The second-order valence-corrected chi connectivity index (χ2v) is 11.4. The van der Waals surface area contributed by atoms with Crippen molar-refractivity contribution < 1.29 is 0 Å². The quantitative estimate of drug-likeness (QED) is 0.353. The van der Waals surface area contributed by atoms with E-state index in [1.165, 1.54) is 46.0 Å². The van der Waals surface area contributed by atoms with Crippen LogP contribution in [0.5, 0.6) is 0 Å². The van der Waals surface area contributed by atoms with E-state index < -0.39 is 21.6 Å². The normalized spacial score (nSPS) is 10.8. The van der Waals surface area contributed by atoms with Crippen LogP contribution >= 0.6 is 0 Å². The maximum absolute atomic E-state index is 2.45. The van der Waals surface area contributed by atoms with Gasteiger partial charge in [0.15, 0.2) is 0 Å². The van der Waals surface area contributed by atoms with Gasteiger partial charge >= 0.3 is 179 Å². The molecule has 0 saturated carbocycles. The molecule has 0 amide bonds. The molecule has 0 bridgehead atoms. The Kier molecular flexibility index (Phi) is 5.69. The summed E-state index contributed by atoms with van der Waals surface area (Å²) >= 11 is -0.816. The second kappa shape index (κ2) is 8.37. The topological polar surface area (TPSA) is 0 Å². The summed E-state index contributed by atoms with van der Waals surface area (Å²) in [5.41, 5.74) is 9.29. The van der Waals surface area contributed by atoms with Gasteiger partial charge in [-0.25, -0.2) is 0 Å². The Morgan fingerprint density at radius 2 is 1.14 bits per heavy atom. The van der Waals surface area contributed by atoms with Gasteiger partial charge in [0, 0.05) is 0 Å². The number of aryl methyl sites for hydroxylation is 3. The second-order valence-electron chi connectivity index (χ2n) is 7.44. The van der Waals surface area contributed by atoms with Crippen LogP contribution in [0.25, 0.3) is 22.3 Å². The number of benzene rings is 4. The van der Waals surface area contributed by atoms with Crippen molar-refractivity contribution in [2.24, 2.45) is 0 Å². The van der Waals surface area contributed by atoms with Crippen molar-refractivity contribution in [3.05, 3.63) is 108 Å². The molecule has 0 spiro atoms. The van der Waals surface area contributed by atoms with E-state index in [1.54, 1.807) is 0 Å². The van der Waals surface area contributed by atoms with Gasteiger partial charge in [-0.15, -0.1) is 0 Å². The van der Waals surface area contributed by atoms with Crippen LogP contribution in [0.2, 0.25) is 0 Å². The molecule has 0 aliphatic heterocycles. The number of rotatable bonds is 4. The van der Waals surface area contributed by atoms with Crippen molar-refractivity contribution in [1.29, 1.82) is 0 Å². The van der Waals surface area contributed by atoms with Crippen molar-refractivity contribution in [1.82, 2.24) is 0 Å². The Labute approximate surface area is 178 Å². The first-order valence-corrected chi connectivity index (χ1v) is 12.6. The molecule has 28 heavy (non-hydrogen) atoms. The predicted molar refractivity (Wildman–Crippen MR) is 124 cm³/mol. The molecule has 4 aromatic carbocycles. The van der Waals surface area contributed by atoms with E-state index in [1.807, 2.05) is 0 Å². The zero-order valence-electron chi connectivity index (χ0n) is 16.7. The summed E-state index contributed by atoms with van der Waals surface area (Å²) in [7, 11) is 0. The zero-order valence-corrected chi connectivity index (χ0v) is 19.5. The van der Waals surface area contributed by atoms with E-state index in [9.17, 15) is 0 Å². The third-order valence-electron chi connectivity index (χ3n) is 5.12. The van der Waals surface area contributed by atoms with E-state index in [0.717, 1.165) is 0 Å². The average Bonchev–Trinajstić information content (AvgIpc) is 2.70. The Morgan fingerprint density at radius 3 is 1.86 bits per heavy atom. The molecular formula is C27H25Sb. The first-order chi connectivity index (χ1) is 13.6. The summed E-state index contributed by atoms with van der Waals surface area (Å²) in [6.45, 7) is 6.54. The molecule has 0 saturated heterocycles. The molecule has 0 aromatic heterocycles. The zero-order chi connectivity index (χ0) is 19.5. The van der Waals surface area contributed by atoms with Crippen LogP contribution in [-0.2, 0) is 0 Å². The monoisotopic (exact) mass is 470 g/mol. The van der Waals surface area contributed by atoms with Gasteiger partial charge in [-0.2, -0.15) is 0 Å². The van der Waals surface area contributed by atoms with Crippen LogP contribution in [0, 0.1) is 20.8 Å². The SMILES string of the molecule is Cc1cc[c]([SbH][c]2ccc(-c3ccccc3)c(-c3ccc(C)cc3C)c2)cc1. The van der Waals surface area contributed by atoms with E-state index in [2.05, 4.69) is 112 Å². The van der Waals surface area contributed by atoms with Gasteiger partial charge in [-0.1, -0.05) is 0 Å². The molecule has 4 aromatic rings. The van der Waals surface area contributed by atoms with Crippen molar-refractivity contribution in [2.45, 2.75) is 20.8 Å². The van der Waals surface area contributed by atoms with Crippen LogP contribution in [0.15, 0.2) is 91.0 Å². The van der Waals surface area contributed by atoms with Crippen molar-refractivity contribution in [3.63, 3.8) is 0 Å². The fourth-order valence-corrected chi connectivity index (χ4v) is 6.63. The van der Waals surface area contributed by atoms with Crippen LogP contribution < -0.4 is 7.02 Å². The summed E-state index contributed by atoms with van der Waals surface area (Å²) in [5, 5.41) is 0. The fraction of sp³-hybridized carbons (Fsp3) is 0.111. The van der Waals surface area contributed by atoms with E-state index in [-0.39, 0.29) is 0 Å². The summed E-state index contributed by atoms with van der Waals surface area (Å²) in [6.07, 6.45) is 0. The van der Waals surface area contributed by atoms with Gasteiger partial charge in [0.05, 0.1) is 0 Å². The Morgan fingerprint density at radius 1 is 0.500 bits per heavy atom. The fourth-order valence-electron chi connectivity index (χ4n) is 3.63. The van der Waals surface area contributed by atoms with Crippen molar-refractivity contribution in [2.75, 3.05) is 0 Å². The van der Waals surface area contributed by atoms with E-state index >= 15 is 0 Å². The minimum atomic E-state index is -0.816. The van der Waals surface area contributed by atoms with Gasteiger partial charge < -0.3 is 0 Å². The maximum atomic E-state index is 2.45. The van der Waals surface area contributed by atoms with Gasteiger partial charge in [0.2, 0.25) is 0 Å². The van der Waals surface area contributed by atoms with Gasteiger partial charge in [0.25, 0.3) is 0 Å². The molecule has 0 fully saturated rings. The Bertz CT molecular complexity index is 1090. The summed E-state index contributed by atoms with van der Waals surface area (Å²) < 4.78 is 3.04. The van der Waals surface area contributed by atoms with Gasteiger partial charge in [0.1, 0.15) is 0 Å². The molecule has 0 radical (unpaired) electrons. The first-order valence-electron chi connectivity index (χ1n) is 9.71. The Balaban J connectivity index is 1.82. The van der Waals surface area contributed by atoms with E-state index in [4.69, 9.17) is 0 Å². The summed E-state index contributed by atoms with van der Waals surface area (Å²) in [5.74, 6) is 0. The van der Waals surface area contributed by atoms with Crippen LogP contribution in [-0.4, -0.2) is 21.6 Å². The number of hydrogen-bond acceptors (Lipinski definition) is 0. The third kappa shape index (κ3) is 4.23. The Hall–Kier alpha value is -2.30. The van der Waals surface area contributed by atoms with Crippen LogP contribution in [0.4, 0.5) is 0 Å². The van der Waals surface area contributed by atoms with Crippen molar-refractivity contribution >= 4 is 28.6 Å². The summed E-state index contributed by atoms with van der Waals surface area (Å²) in [4.78, 5) is 0. The van der Waals surface area contributed by atoms with Crippen molar-refractivity contribution in [3.8, 4) is 22.3 Å². The van der Waals surface area contributed by atoms with Crippen LogP contribution in [0.1, 0.15) is 16.7 Å². The third-order valence-corrected chi connectivity index (χ3v) is 8.60. The molecule has 0 nitrogen and oxygen atoms in total. The molecule has 0 aliphatic carbocycles. The van der Waals surface area contributed by atoms with Gasteiger partial charge in [-0.05, 0) is 0 Å². The first kappa shape index (κ1) is 19.0. The number of hydrogen-bond donors (Lipinski definition) is 0. The molecule has 0 heterocycles. The predicted octanol–water partition coefficient (Wildman–Crippen LogP) is 5.33. The van der Waals surface area contributed by atoms with Gasteiger partial charge in [-0.3, -0.25) is 0 Å². The molecule has 138 valence electrons. The average molecular weight is 471 g/mol. The molecule has 0 atom stereocenters. The van der Waals surface area contributed by atoms with Crippen LogP contribution in [0.3, 0.4) is 0 Å². The molecule has 0 aliphatic rings. The molecule has 1 heteroatoms.